The number of carboxylic acids is 1. The fraction of sp³-hybridized carbons (Fsp3) is 0.0833. The maximum atomic E-state index is 11.1. The summed E-state index contributed by atoms with van der Waals surface area (Å²) in [6, 6.07) is 7.00. The van der Waals surface area contributed by atoms with Crippen molar-refractivity contribution in [2.24, 2.45) is 0 Å². The van der Waals surface area contributed by atoms with E-state index in [2.05, 4.69) is 5.32 Å². The van der Waals surface area contributed by atoms with Gasteiger partial charge in [-0.1, -0.05) is 17.7 Å². The highest BCUT2D eigenvalue weighted by molar-refractivity contribution is 7.07. The second kappa shape index (κ2) is 5.21. The predicted molar refractivity (Wildman–Crippen MR) is 70.1 cm³/mol. The highest BCUT2D eigenvalue weighted by Gasteiger charge is 2.13. The van der Waals surface area contributed by atoms with E-state index in [-0.39, 0.29) is 10.6 Å². The summed E-state index contributed by atoms with van der Waals surface area (Å²) in [5.74, 6) is -1.02. The van der Waals surface area contributed by atoms with Gasteiger partial charge in [0.05, 0.1) is 10.7 Å². The first-order chi connectivity index (χ1) is 8.18. The molecule has 0 bridgehead atoms. The number of anilines is 1. The summed E-state index contributed by atoms with van der Waals surface area (Å²) in [5.41, 5.74) is 1.77. The Bertz CT molecular complexity index is 525. The lowest BCUT2D eigenvalue weighted by Crippen LogP contribution is -2.06. The molecular weight excluding hydrogens is 258 g/mol. The molecule has 0 radical (unpaired) electrons. The number of nitrogens with one attached hydrogen (secondary N) is 1. The summed E-state index contributed by atoms with van der Waals surface area (Å²) in [7, 11) is 0. The van der Waals surface area contributed by atoms with E-state index in [4.69, 9.17) is 16.7 Å². The maximum Gasteiger partial charge on any atom is 0.339 e. The van der Waals surface area contributed by atoms with Crippen molar-refractivity contribution < 1.29 is 9.90 Å². The number of benzene rings is 1. The number of rotatable bonds is 4. The van der Waals surface area contributed by atoms with Gasteiger partial charge in [0.15, 0.2) is 0 Å². The van der Waals surface area contributed by atoms with Gasteiger partial charge in [-0.25, -0.2) is 4.79 Å². The van der Waals surface area contributed by atoms with Crippen LogP contribution in [0.2, 0.25) is 5.02 Å². The summed E-state index contributed by atoms with van der Waals surface area (Å²) in [6.07, 6.45) is 0. The minimum atomic E-state index is -1.02. The quantitative estimate of drug-likeness (QED) is 0.888. The van der Waals surface area contributed by atoms with Crippen LogP contribution in [0.15, 0.2) is 35.0 Å². The Morgan fingerprint density at radius 1 is 1.41 bits per heavy atom. The minimum Gasteiger partial charge on any atom is -0.478 e. The number of aromatic carboxylic acids is 1. The summed E-state index contributed by atoms with van der Waals surface area (Å²) in [6.45, 7) is 0.587. The van der Waals surface area contributed by atoms with E-state index in [1.807, 2.05) is 16.8 Å². The Hall–Kier alpha value is -1.52. The van der Waals surface area contributed by atoms with Crippen molar-refractivity contribution in [2.75, 3.05) is 5.32 Å². The molecule has 17 heavy (non-hydrogen) atoms. The average Bonchev–Trinajstić information content (AvgIpc) is 2.78. The Labute approximate surface area is 108 Å². The molecule has 2 aromatic rings. The third-order valence-electron chi connectivity index (χ3n) is 2.29. The first-order valence-corrected chi connectivity index (χ1v) is 6.27. The van der Waals surface area contributed by atoms with Crippen molar-refractivity contribution in [3.05, 3.63) is 51.2 Å². The second-order valence-corrected chi connectivity index (χ2v) is 4.64. The van der Waals surface area contributed by atoms with Gasteiger partial charge in [0.1, 0.15) is 5.56 Å². The molecule has 88 valence electrons. The molecule has 0 saturated carbocycles. The summed E-state index contributed by atoms with van der Waals surface area (Å²) < 4.78 is 0. The van der Waals surface area contributed by atoms with Crippen LogP contribution in [0.4, 0.5) is 5.69 Å². The summed E-state index contributed by atoms with van der Waals surface area (Å²) >= 11 is 7.47. The molecule has 1 heterocycles. The van der Waals surface area contributed by atoms with Crippen LogP contribution in [-0.2, 0) is 6.54 Å². The molecule has 0 spiro atoms. The number of hydrogen-bond acceptors (Lipinski definition) is 3. The summed E-state index contributed by atoms with van der Waals surface area (Å²) in [5, 5.41) is 16.4. The Balaban J connectivity index is 2.21. The number of halogens is 1. The molecule has 2 rings (SSSR count). The molecule has 1 aromatic carbocycles. The van der Waals surface area contributed by atoms with Crippen LogP contribution in [0.5, 0.6) is 0 Å². The van der Waals surface area contributed by atoms with Crippen LogP contribution in [0, 0.1) is 0 Å². The van der Waals surface area contributed by atoms with Crippen molar-refractivity contribution in [1.82, 2.24) is 0 Å². The predicted octanol–water partition coefficient (Wildman–Crippen LogP) is 3.71. The highest BCUT2D eigenvalue weighted by Crippen LogP contribution is 2.24. The van der Waals surface area contributed by atoms with Crippen molar-refractivity contribution in [3.8, 4) is 0 Å². The van der Waals surface area contributed by atoms with Crippen molar-refractivity contribution in [1.29, 1.82) is 0 Å². The van der Waals surface area contributed by atoms with E-state index < -0.39 is 5.97 Å². The van der Waals surface area contributed by atoms with Gasteiger partial charge in [0, 0.05) is 6.54 Å². The Morgan fingerprint density at radius 3 is 2.88 bits per heavy atom. The zero-order chi connectivity index (χ0) is 12.3. The van der Waals surface area contributed by atoms with Gasteiger partial charge >= 0.3 is 5.97 Å². The Kier molecular flexibility index (Phi) is 3.66. The van der Waals surface area contributed by atoms with Gasteiger partial charge in [-0.2, -0.15) is 11.3 Å². The van der Waals surface area contributed by atoms with Gasteiger partial charge in [-0.3, -0.25) is 0 Å². The second-order valence-electron chi connectivity index (χ2n) is 3.45. The molecule has 3 nitrogen and oxygen atoms in total. The minimum absolute atomic E-state index is 0.115. The molecule has 0 aliphatic carbocycles. The first-order valence-electron chi connectivity index (χ1n) is 4.95. The molecule has 0 amide bonds. The van der Waals surface area contributed by atoms with Crippen LogP contribution in [0.3, 0.4) is 0 Å². The fourth-order valence-electron chi connectivity index (χ4n) is 1.48. The van der Waals surface area contributed by atoms with Crippen molar-refractivity contribution in [2.45, 2.75) is 6.54 Å². The van der Waals surface area contributed by atoms with Gasteiger partial charge in [-0.05, 0) is 34.5 Å². The zero-order valence-corrected chi connectivity index (χ0v) is 10.4. The third kappa shape index (κ3) is 2.78. The molecule has 0 unspecified atom stereocenters. The molecule has 0 fully saturated rings. The SMILES string of the molecule is O=C(O)c1c(Cl)cccc1NCc1ccsc1. The van der Waals surface area contributed by atoms with E-state index in [1.165, 1.54) is 0 Å². The van der Waals surface area contributed by atoms with Crippen LogP contribution >= 0.6 is 22.9 Å². The molecule has 2 N–H and O–H groups in total. The third-order valence-corrected chi connectivity index (χ3v) is 3.34. The molecular formula is C12H10ClNO2S. The van der Waals surface area contributed by atoms with Gasteiger partial charge in [-0.15, -0.1) is 0 Å². The van der Waals surface area contributed by atoms with E-state index >= 15 is 0 Å². The number of carbonyl (C=O) groups is 1. The lowest BCUT2D eigenvalue weighted by atomic mass is 10.1. The lowest BCUT2D eigenvalue weighted by molar-refractivity contribution is 0.0698. The number of carboxylic acid groups (broad SMARTS) is 1. The maximum absolute atomic E-state index is 11.1. The molecule has 5 heteroatoms. The van der Waals surface area contributed by atoms with Crippen molar-refractivity contribution in [3.63, 3.8) is 0 Å². The number of thiophene rings is 1. The van der Waals surface area contributed by atoms with E-state index in [1.54, 1.807) is 29.5 Å². The normalized spacial score (nSPS) is 10.2. The zero-order valence-electron chi connectivity index (χ0n) is 8.81. The average molecular weight is 268 g/mol. The molecule has 1 aromatic heterocycles. The van der Waals surface area contributed by atoms with Gasteiger partial charge < -0.3 is 10.4 Å². The molecule has 0 aliphatic heterocycles. The molecule has 0 atom stereocenters. The van der Waals surface area contributed by atoms with Crippen LogP contribution in [-0.4, -0.2) is 11.1 Å². The lowest BCUT2D eigenvalue weighted by Gasteiger charge is -2.09. The van der Waals surface area contributed by atoms with Crippen molar-refractivity contribution >= 4 is 34.6 Å². The highest BCUT2D eigenvalue weighted by atomic mass is 35.5. The van der Waals surface area contributed by atoms with E-state index in [9.17, 15) is 4.79 Å². The Morgan fingerprint density at radius 2 is 2.24 bits per heavy atom. The van der Waals surface area contributed by atoms with Crippen LogP contribution < -0.4 is 5.32 Å². The standard InChI is InChI=1S/C12H10ClNO2S/c13-9-2-1-3-10(11(9)12(15)16)14-6-8-4-5-17-7-8/h1-5,7,14H,6H2,(H,15,16). The van der Waals surface area contributed by atoms with Crippen LogP contribution in [0.25, 0.3) is 0 Å². The monoisotopic (exact) mass is 267 g/mol. The van der Waals surface area contributed by atoms with Crippen LogP contribution in [0.1, 0.15) is 15.9 Å². The molecule has 0 saturated heterocycles. The van der Waals surface area contributed by atoms with Gasteiger partial charge in [0.25, 0.3) is 0 Å². The topological polar surface area (TPSA) is 49.3 Å². The largest absolute Gasteiger partial charge is 0.478 e. The van der Waals surface area contributed by atoms with E-state index in [0.29, 0.717) is 12.2 Å². The fourth-order valence-corrected chi connectivity index (χ4v) is 2.40. The van der Waals surface area contributed by atoms with Gasteiger partial charge in [0.2, 0.25) is 0 Å². The smallest absolute Gasteiger partial charge is 0.339 e. The molecule has 0 aliphatic rings. The number of hydrogen-bond donors (Lipinski definition) is 2. The first kappa shape index (κ1) is 12.0. The summed E-state index contributed by atoms with van der Waals surface area (Å²) in [4.78, 5) is 11.1. The van der Waals surface area contributed by atoms with E-state index in [0.717, 1.165) is 5.56 Å².